The van der Waals surface area contributed by atoms with Crippen LogP contribution in [-0.2, 0) is 0 Å². The summed E-state index contributed by atoms with van der Waals surface area (Å²) in [6.45, 7) is 9.10. The Labute approximate surface area is 322 Å². The van der Waals surface area contributed by atoms with Gasteiger partial charge in [0, 0.05) is 21.9 Å². The quantitative estimate of drug-likeness (QED) is 0.136. The van der Waals surface area contributed by atoms with Gasteiger partial charge < -0.3 is 4.42 Å². The van der Waals surface area contributed by atoms with E-state index >= 15 is 0 Å². The first-order valence-corrected chi connectivity index (χ1v) is 18.7. The van der Waals surface area contributed by atoms with Crippen molar-refractivity contribution in [1.29, 1.82) is 0 Å². The number of H-pyrrole nitrogens is 1. The topological polar surface area (TPSA) is 32.8 Å². The molecule has 0 bridgehead atoms. The molecule has 1 N–H and O–H groups in total. The van der Waals surface area contributed by atoms with Crippen molar-refractivity contribution in [3.63, 3.8) is 0 Å². The first kappa shape index (κ1) is 27.2. The van der Waals surface area contributed by atoms with Crippen LogP contribution in [0.1, 0.15) is 57.5 Å². The Kier molecular flexibility index (Phi) is 6.35. The van der Waals surface area contributed by atoms with Crippen LogP contribution in [0.2, 0.25) is 0 Å². The van der Waals surface area contributed by atoms with E-state index in [0.717, 1.165) is 65.9 Å². The van der Waals surface area contributed by atoms with E-state index in [0.29, 0.717) is 5.56 Å². The molecule has 260 valence electrons. The van der Waals surface area contributed by atoms with Crippen molar-refractivity contribution in [2.45, 2.75) is 39.5 Å². The zero-order valence-electron chi connectivity index (χ0n) is 35.6. The lowest BCUT2D eigenvalue weighted by molar-refractivity contribution is -0.556. The van der Waals surface area contributed by atoms with E-state index in [-0.39, 0.29) is 41.6 Å². The lowest BCUT2D eigenvalue weighted by Crippen LogP contribution is -2.35. The molecule has 10 rings (SSSR count). The molecule has 2 heterocycles. The second kappa shape index (κ2) is 12.6. The summed E-state index contributed by atoms with van der Waals surface area (Å²) in [6, 6.07) is 42.9. The van der Waals surface area contributed by atoms with E-state index in [1.54, 1.807) is 0 Å². The van der Waals surface area contributed by atoms with E-state index in [2.05, 4.69) is 140 Å². The maximum absolute atomic E-state index is 8.54. The molecule has 0 saturated carbocycles. The lowest BCUT2D eigenvalue weighted by Gasteiger charge is -2.20. The van der Waals surface area contributed by atoms with Gasteiger partial charge in [0.05, 0.1) is 6.85 Å². The Morgan fingerprint density at radius 1 is 0.556 bits per heavy atom. The highest BCUT2D eigenvalue weighted by Gasteiger charge is 2.31. The van der Waals surface area contributed by atoms with Crippen LogP contribution in [-0.4, -0.2) is 4.98 Å². The Balaban J connectivity index is 1.19. The van der Waals surface area contributed by atoms with Crippen molar-refractivity contribution < 1.29 is 15.8 Å². The monoisotopic (exact) mass is 702 g/mol. The van der Waals surface area contributed by atoms with Gasteiger partial charge in [-0.05, 0) is 104 Å². The molecular formula is C51H41N2O+. The minimum Gasteiger partial charge on any atom is -0.455 e. The minimum atomic E-state index is -0.397. The van der Waals surface area contributed by atoms with E-state index in [4.69, 9.17) is 11.3 Å². The van der Waals surface area contributed by atoms with Gasteiger partial charge in [-0.25, -0.2) is 4.98 Å². The van der Waals surface area contributed by atoms with Crippen LogP contribution in [0.15, 0.2) is 162 Å². The van der Waals surface area contributed by atoms with E-state index in [9.17, 15) is 0 Å². The van der Waals surface area contributed by atoms with Crippen molar-refractivity contribution in [3.8, 4) is 39.3 Å². The van der Waals surface area contributed by atoms with E-state index < -0.39 is 6.04 Å². The SMILES string of the molecule is [2H]c1c([2H])c([2H])c(-c2ccc3c(ccc4cc5c(cc43)oc3c(-c4[nH]c6ccccc6[n+]4-c4c(C(C)C)cc(-c6ccccc6)cc4C(C)C)cccc35)c2)c([2H])c1[2H]. The van der Waals surface area contributed by atoms with Crippen LogP contribution in [0.5, 0.6) is 0 Å². The number of fused-ring (bicyclic) bond motifs is 7. The van der Waals surface area contributed by atoms with Gasteiger partial charge in [0.2, 0.25) is 0 Å². The zero-order valence-corrected chi connectivity index (χ0v) is 30.6. The van der Waals surface area contributed by atoms with Crippen LogP contribution in [0, 0.1) is 0 Å². The number of aromatic amines is 1. The van der Waals surface area contributed by atoms with Crippen LogP contribution in [0.25, 0.3) is 93.8 Å². The maximum Gasteiger partial charge on any atom is 0.296 e. The third-order valence-corrected chi connectivity index (χ3v) is 10.9. The number of rotatable bonds is 6. The van der Waals surface area contributed by atoms with Crippen LogP contribution >= 0.6 is 0 Å². The summed E-state index contributed by atoms with van der Waals surface area (Å²) in [5.41, 5.74) is 11.6. The molecular weight excluding hydrogens is 657 g/mol. The van der Waals surface area contributed by atoms with E-state index in [1.165, 1.54) is 27.9 Å². The first-order valence-electron chi connectivity index (χ1n) is 21.2. The average Bonchev–Trinajstić information content (AvgIpc) is 3.82. The fourth-order valence-electron chi connectivity index (χ4n) is 8.21. The number of hydrogen-bond donors (Lipinski definition) is 1. The first-order chi connectivity index (χ1) is 28.5. The average molecular weight is 703 g/mol. The molecule has 0 saturated heterocycles. The molecule has 0 unspecified atom stereocenters. The second-order valence-electron chi connectivity index (χ2n) is 14.9. The number of nitrogens with zero attached hydrogens (tertiary/aromatic N) is 1. The molecule has 0 amide bonds. The largest absolute Gasteiger partial charge is 0.455 e. The molecule has 0 fully saturated rings. The molecule has 0 spiro atoms. The molecule has 3 nitrogen and oxygen atoms in total. The number of benzene rings is 8. The molecule has 0 aliphatic carbocycles. The lowest BCUT2D eigenvalue weighted by atomic mass is 9.88. The third kappa shape index (κ3) is 5.15. The number of nitrogens with one attached hydrogen (secondary N) is 1. The summed E-state index contributed by atoms with van der Waals surface area (Å²) in [5.74, 6) is 1.44. The van der Waals surface area contributed by atoms with E-state index in [1.807, 2.05) is 24.3 Å². The molecule has 0 atom stereocenters. The Hall–Kier alpha value is -6.45. The number of furan rings is 1. The number of imidazole rings is 1. The number of aromatic nitrogens is 2. The molecule has 0 radical (unpaired) electrons. The summed E-state index contributed by atoms with van der Waals surface area (Å²) in [6.07, 6.45) is 0. The molecule has 54 heavy (non-hydrogen) atoms. The van der Waals surface area contributed by atoms with Gasteiger partial charge >= 0.3 is 0 Å². The summed E-state index contributed by atoms with van der Waals surface area (Å²) in [4.78, 5) is 3.83. The van der Waals surface area contributed by atoms with Crippen molar-refractivity contribution >= 4 is 54.5 Å². The number of para-hydroxylation sites is 3. The highest BCUT2D eigenvalue weighted by atomic mass is 16.3. The van der Waals surface area contributed by atoms with Crippen molar-refractivity contribution in [2.75, 3.05) is 0 Å². The van der Waals surface area contributed by atoms with Crippen LogP contribution in [0.3, 0.4) is 0 Å². The third-order valence-electron chi connectivity index (χ3n) is 10.9. The van der Waals surface area contributed by atoms with Crippen LogP contribution in [0.4, 0.5) is 0 Å². The minimum absolute atomic E-state index is 0.195. The van der Waals surface area contributed by atoms with Crippen LogP contribution < -0.4 is 4.57 Å². The van der Waals surface area contributed by atoms with Gasteiger partial charge in [0.25, 0.3) is 5.82 Å². The van der Waals surface area contributed by atoms with Crippen molar-refractivity contribution in [1.82, 2.24) is 4.98 Å². The summed E-state index contributed by atoms with van der Waals surface area (Å²) in [7, 11) is 0. The van der Waals surface area contributed by atoms with Gasteiger partial charge in [-0.15, -0.1) is 0 Å². The molecule has 0 aliphatic rings. The van der Waals surface area contributed by atoms with Gasteiger partial charge in [0.1, 0.15) is 16.8 Å². The Morgan fingerprint density at radius 3 is 2.04 bits per heavy atom. The molecule has 2 aromatic heterocycles. The Bertz CT molecular complexity index is 3290. The smallest absolute Gasteiger partial charge is 0.296 e. The fraction of sp³-hybridized carbons (Fsp3) is 0.118. The summed E-state index contributed by atoms with van der Waals surface area (Å²) >= 11 is 0. The standard InChI is InChI=1S/C51H40N2O/c1-31(2)42-28-38(34-16-9-6-10-17-34)29-43(32(3)4)49(42)53-47-21-12-11-20-46(47)52-51(53)41-19-13-18-40-45-27-37-23-22-36-26-35(33-14-7-5-8-15-33)24-25-39(36)44(37)30-48(45)54-50(40)41/h5-32H,1-4H3/p+1/i5D,7D,8D,14D,15D. The van der Waals surface area contributed by atoms with Crippen molar-refractivity contribution in [3.05, 3.63) is 169 Å². The molecule has 10 aromatic rings. The maximum atomic E-state index is 8.54. The molecule has 8 aromatic carbocycles. The highest BCUT2D eigenvalue weighted by Crippen LogP contribution is 2.41. The van der Waals surface area contributed by atoms with Gasteiger partial charge in [0.15, 0.2) is 16.6 Å². The highest BCUT2D eigenvalue weighted by molar-refractivity contribution is 6.17. The number of hydrogen-bond acceptors (Lipinski definition) is 1. The van der Waals surface area contributed by atoms with Gasteiger partial charge in [-0.2, -0.15) is 4.57 Å². The second-order valence-corrected chi connectivity index (χ2v) is 14.9. The molecule has 3 heteroatoms. The normalized spacial score (nSPS) is 13.3. The van der Waals surface area contributed by atoms with Gasteiger partial charge in [-0.3, -0.25) is 0 Å². The predicted octanol–water partition coefficient (Wildman–Crippen LogP) is 13.9. The molecule has 0 aliphatic heterocycles. The van der Waals surface area contributed by atoms with Crippen molar-refractivity contribution in [2.24, 2.45) is 0 Å². The van der Waals surface area contributed by atoms with Gasteiger partial charge in [-0.1, -0.05) is 137 Å². The fourth-order valence-corrected chi connectivity index (χ4v) is 8.21. The Morgan fingerprint density at radius 2 is 1.28 bits per heavy atom. The predicted molar refractivity (Wildman–Crippen MR) is 227 cm³/mol. The zero-order chi connectivity index (χ0) is 40.9. The summed E-state index contributed by atoms with van der Waals surface area (Å²) in [5, 5.41) is 5.98. The summed E-state index contributed by atoms with van der Waals surface area (Å²) < 4.78 is 50.9.